The molecule has 88 valence electrons. The number of hydrogen-bond donors (Lipinski definition) is 1. The molecule has 0 aromatic carbocycles. The quantitative estimate of drug-likeness (QED) is 0.507. The third-order valence-electron chi connectivity index (χ3n) is 2.52. The number of methoxy groups -OCH3 is 1. The number of rotatable bonds is 7. The summed E-state index contributed by atoms with van der Waals surface area (Å²) in [5.41, 5.74) is 0. The summed E-state index contributed by atoms with van der Waals surface area (Å²) < 4.78 is 15.5. The molecule has 1 saturated carbocycles. The lowest BCUT2D eigenvalue weighted by atomic mass is 10.2. The van der Waals surface area contributed by atoms with Gasteiger partial charge in [0.2, 0.25) is 0 Å². The monoisotopic (exact) mass is 233 g/mol. The summed E-state index contributed by atoms with van der Waals surface area (Å²) >= 11 is 0. The first kappa shape index (κ1) is 12.6. The first-order chi connectivity index (χ1) is 7.15. The molecule has 1 rings (SSSR count). The van der Waals surface area contributed by atoms with Gasteiger partial charge in [-0.2, -0.15) is 0 Å². The van der Waals surface area contributed by atoms with Crippen molar-refractivity contribution >= 4 is 16.8 Å². The molecule has 1 N–H and O–H groups in total. The van der Waals surface area contributed by atoms with E-state index in [1.54, 1.807) is 6.26 Å². The Kier molecular flexibility index (Phi) is 5.25. The normalized spacial score (nSPS) is 19.6. The Hall–Kier alpha value is -0.420. The zero-order chi connectivity index (χ0) is 11.3. The maximum absolute atomic E-state index is 11.4. The highest BCUT2D eigenvalue weighted by molar-refractivity contribution is 7.84. The minimum Gasteiger partial charge on any atom is -0.468 e. The van der Waals surface area contributed by atoms with Crippen molar-refractivity contribution in [3.8, 4) is 0 Å². The molecule has 0 spiro atoms. The molecule has 0 aromatic rings. The highest BCUT2D eigenvalue weighted by atomic mass is 32.2. The second-order valence-corrected chi connectivity index (χ2v) is 5.48. The Morgan fingerprint density at radius 2 is 2.27 bits per heavy atom. The first-order valence-electron chi connectivity index (χ1n) is 5.26. The summed E-state index contributed by atoms with van der Waals surface area (Å²) in [6.07, 6.45) is 4.74. The maximum Gasteiger partial charge on any atom is 0.323 e. The molecule has 2 unspecified atom stereocenters. The summed E-state index contributed by atoms with van der Waals surface area (Å²) in [5, 5.41) is 3.18. The molecule has 0 saturated heterocycles. The molecule has 1 aliphatic carbocycles. The fourth-order valence-corrected chi connectivity index (χ4v) is 2.08. The van der Waals surface area contributed by atoms with Crippen LogP contribution in [0.5, 0.6) is 0 Å². The van der Waals surface area contributed by atoms with Gasteiger partial charge in [0.15, 0.2) is 0 Å². The summed E-state index contributed by atoms with van der Waals surface area (Å²) in [6, 6.07) is -0.153. The van der Waals surface area contributed by atoms with Gasteiger partial charge in [-0.1, -0.05) is 0 Å². The minimum absolute atomic E-state index is 0.153. The molecule has 0 heterocycles. The number of carbonyl (C=O) groups is 1. The van der Waals surface area contributed by atoms with Crippen LogP contribution in [0.4, 0.5) is 0 Å². The van der Waals surface area contributed by atoms with Crippen molar-refractivity contribution in [3.05, 3.63) is 0 Å². The fraction of sp³-hybridized carbons (Fsp3) is 0.900. The van der Waals surface area contributed by atoms with E-state index in [4.69, 9.17) is 4.74 Å². The Labute approximate surface area is 93.2 Å². The molecule has 5 heteroatoms. The van der Waals surface area contributed by atoms with E-state index >= 15 is 0 Å². The zero-order valence-corrected chi connectivity index (χ0v) is 10.1. The van der Waals surface area contributed by atoms with Gasteiger partial charge in [0.25, 0.3) is 0 Å². The van der Waals surface area contributed by atoms with Gasteiger partial charge in [0.1, 0.15) is 6.04 Å². The molecule has 1 fully saturated rings. The van der Waals surface area contributed by atoms with Crippen LogP contribution in [0.15, 0.2) is 0 Å². The van der Waals surface area contributed by atoms with Gasteiger partial charge in [0.05, 0.1) is 7.11 Å². The second kappa shape index (κ2) is 6.23. The SMILES string of the molecule is COC(=O)C(NCCCS(C)=O)C1CC1. The molecular weight excluding hydrogens is 214 g/mol. The van der Waals surface area contributed by atoms with E-state index < -0.39 is 10.8 Å². The Balaban J connectivity index is 2.20. The first-order valence-corrected chi connectivity index (χ1v) is 6.99. The topological polar surface area (TPSA) is 55.4 Å². The summed E-state index contributed by atoms with van der Waals surface area (Å²) in [7, 11) is 0.673. The summed E-state index contributed by atoms with van der Waals surface area (Å²) in [6.45, 7) is 0.732. The van der Waals surface area contributed by atoms with Crippen LogP contribution in [0, 0.1) is 5.92 Å². The van der Waals surface area contributed by atoms with E-state index in [1.165, 1.54) is 7.11 Å². The Morgan fingerprint density at radius 1 is 1.60 bits per heavy atom. The van der Waals surface area contributed by atoms with Crippen molar-refractivity contribution in [1.82, 2.24) is 5.32 Å². The van der Waals surface area contributed by atoms with Gasteiger partial charge >= 0.3 is 5.97 Å². The van der Waals surface area contributed by atoms with E-state index in [2.05, 4.69) is 5.32 Å². The van der Waals surface area contributed by atoms with Gasteiger partial charge in [-0.05, 0) is 31.7 Å². The van der Waals surface area contributed by atoms with Gasteiger partial charge in [0, 0.05) is 22.8 Å². The van der Waals surface area contributed by atoms with Crippen LogP contribution in [0.3, 0.4) is 0 Å². The van der Waals surface area contributed by atoms with E-state index in [-0.39, 0.29) is 12.0 Å². The lowest BCUT2D eigenvalue weighted by Gasteiger charge is -2.15. The van der Waals surface area contributed by atoms with E-state index in [0.717, 1.165) is 25.8 Å². The molecule has 0 aliphatic heterocycles. The summed E-state index contributed by atoms with van der Waals surface area (Å²) in [5.74, 6) is 0.964. The van der Waals surface area contributed by atoms with Crippen LogP contribution in [0.2, 0.25) is 0 Å². The number of nitrogens with one attached hydrogen (secondary N) is 1. The second-order valence-electron chi connectivity index (χ2n) is 3.92. The number of hydrogen-bond acceptors (Lipinski definition) is 4. The zero-order valence-electron chi connectivity index (χ0n) is 9.32. The molecule has 0 amide bonds. The van der Waals surface area contributed by atoms with Crippen LogP contribution in [0.25, 0.3) is 0 Å². The average Bonchev–Trinajstić information content (AvgIpc) is 3.00. The van der Waals surface area contributed by atoms with Crippen molar-refractivity contribution in [1.29, 1.82) is 0 Å². The largest absolute Gasteiger partial charge is 0.468 e. The highest BCUT2D eigenvalue weighted by Gasteiger charge is 2.36. The van der Waals surface area contributed by atoms with Gasteiger partial charge in [-0.15, -0.1) is 0 Å². The molecule has 0 aromatic heterocycles. The van der Waals surface area contributed by atoms with Crippen molar-refractivity contribution in [3.63, 3.8) is 0 Å². The van der Waals surface area contributed by atoms with Crippen molar-refractivity contribution in [2.45, 2.75) is 25.3 Å². The number of esters is 1. The number of carbonyl (C=O) groups excluding carboxylic acids is 1. The van der Waals surface area contributed by atoms with Crippen LogP contribution in [0.1, 0.15) is 19.3 Å². The van der Waals surface area contributed by atoms with Gasteiger partial charge in [-0.25, -0.2) is 0 Å². The molecule has 0 radical (unpaired) electrons. The maximum atomic E-state index is 11.4. The molecule has 15 heavy (non-hydrogen) atoms. The van der Waals surface area contributed by atoms with E-state index in [9.17, 15) is 9.00 Å². The van der Waals surface area contributed by atoms with E-state index in [0.29, 0.717) is 11.7 Å². The predicted octanol–water partition coefficient (Wildman–Crippen LogP) is 0.296. The average molecular weight is 233 g/mol. The predicted molar refractivity (Wildman–Crippen MR) is 60.1 cm³/mol. The van der Waals surface area contributed by atoms with Crippen molar-refractivity contribution in [2.24, 2.45) is 5.92 Å². The van der Waals surface area contributed by atoms with Crippen LogP contribution in [-0.2, 0) is 20.3 Å². The third-order valence-corrected chi connectivity index (χ3v) is 3.38. The van der Waals surface area contributed by atoms with Crippen LogP contribution >= 0.6 is 0 Å². The fourth-order valence-electron chi connectivity index (χ4n) is 1.53. The summed E-state index contributed by atoms with van der Waals surface area (Å²) in [4.78, 5) is 11.4. The van der Waals surface area contributed by atoms with Crippen LogP contribution < -0.4 is 5.32 Å². The van der Waals surface area contributed by atoms with Gasteiger partial charge in [-0.3, -0.25) is 9.00 Å². The van der Waals surface area contributed by atoms with Crippen molar-refractivity contribution < 1.29 is 13.7 Å². The Morgan fingerprint density at radius 3 is 2.73 bits per heavy atom. The van der Waals surface area contributed by atoms with Gasteiger partial charge < -0.3 is 10.1 Å². The molecule has 0 bridgehead atoms. The number of ether oxygens (including phenoxy) is 1. The third kappa shape index (κ3) is 4.75. The molecular formula is C10H19NO3S. The smallest absolute Gasteiger partial charge is 0.323 e. The molecule has 4 nitrogen and oxygen atoms in total. The lowest BCUT2D eigenvalue weighted by molar-refractivity contribution is -0.143. The Bertz CT molecular complexity index is 241. The van der Waals surface area contributed by atoms with Crippen molar-refractivity contribution in [2.75, 3.05) is 25.7 Å². The minimum atomic E-state index is -0.744. The standard InChI is InChI=1S/C10H19NO3S/c1-14-10(12)9(8-4-5-8)11-6-3-7-15(2)13/h8-9,11H,3-7H2,1-2H3. The van der Waals surface area contributed by atoms with Crippen LogP contribution in [-0.4, -0.2) is 41.9 Å². The lowest BCUT2D eigenvalue weighted by Crippen LogP contribution is -2.40. The molecule has 1 aliphatic rings. The highest BCUT2D eigenvalue weighted by Crippen LogP contribution is 2.33. The van der Waals surface area contributed by atoms with E-state index in [1.807, 2.05) is 0 Å². The molecule has 2 atom stereocenters.